The first-order valence-electron chi connectivity index (χ1n) is 10.3. The van der Waals surface area contributed by atoms with Gasteiger partial charge in [0.2, 0.25) is 0 Å². The third-order valence-corrected chi connectivity index (χ3v) is 5.20. The topological polar surface area (TPSA) is 79.5 Å². The van der Waals surface area contributed by atoms with Gasteiger partial charge in [0.15, 0.2) is 0 Å². The molecule has 0 radical (unpaired) electrons. The summed E-state index contributed by atoms with van der Waals surface area (Å²) in [5.74, 6) is -0.119. The number of piperidine rings is 1. The maximum Gasteiger partial charge on any atom is 0.338 e. The molecule has 1 aliphatic heterocycles. The largest absolute Gasteiger partial charge is 0.462 e. The normalized spacial score (nSPS) is 18.5. The average molecular weight is 413 g/mol. The van der Waals surface area contributed by atoms with Crippen molar-refractivity contribution in [3.05, 3.63) is 65.5 Å². The summed E-state index contributed by atoms with van der Waals surface area (Å²) in [5, 5.41) is 9.10. The molecule has 160 valence electrons. The fourth-order valence-electron chi connectivity index (χ4n) is 3.61. The molecule has 30 heavy (non-hydrogen) atoms. The van der Waals surface area contributed by atoms with Crippen molar-refractivity contribution in [2.45, 2.75) is 32.2 Å². The zero-order chi connectivity index (χ0) is 21.3. The van der Waals surface area contributed by atoms with Crippen LogP contribution in [0.15, 0.2) is 48.5 Å². The van der Waals surface area contributed by atoms with Crippen LogP contribution >= 0.6 is 0 Å². The molecule has 3 rings (SSSR count). The molecule has 2 atom stereocenters. The number of anilines is 1. The molecule has 0 aromatic heterocycles. The first-order chi connectivity index (χ1) is 14.5. The van der Waals surface area contributed by atoms with Gasteiger partial charge in [0.1, 0.15) is 5.82 Å². The van der Waals surface area contributed by atoms with Gasteiger partial charge in [0.05, 0.1) is 12.2 Å². The molecule has 3 N–H and O–H groups in total. The number of urea groups is 1. The van der Waals surface area contributed by atoms with Gasteiger partial charge in [-0.2, -0.15) is 0 Å². The van der Waals surface area contributed by atoms with Crippen molar-refractivity contribution in [3.63, 3.8) is 0 Å². The monoisotopic (exact) mass is 413 g/mol. The highest BCUT2D eigenvalue weighted by atomic mass is 19.1. The van der Waals surface area contributed by atoms with Crippen molar-refractivity contribution < 1.29 is 18.7 Å². The summed E-state index contributed by atoms with van der Waals surface area (Å²) in [5.41, 5.74) is 2.08. The molecule has 2 amide bonds. The summed E-state index contributed by atoms with van der Waals surface area (Å²) in [6, 6.07) is 13.2. The molecule has 1 heterocycles. The molecular formula is C23H28FN3O3. The van der Waals surface area contributed by atoms with Crippen LogP contribution in [0.25, 0.3) is 0 Å². The Morgan fingerprint density at radius 2 is 1.97 bits per heavy atom. The lowest BCUT2D eigenvalue weighted by Crippen LogP contribution is -2.47. The number of ether oxygens (including phenoxy) is 1. The molecule has 0 bridgehead atoms. The van der Waals surface area contributed by atoms with E-state index in [0.29, 0.717) is 30.3 Å². The second-order valence-corrected chi connectivity index (χ2v) is 7.52. The van der Waals surface area contributed by atoms with Crippen LogP contribution in [-0.4, -0.2) is 37.7 Å². The van der Waals surface area contributed by atoms with Crippen LogP contribution < -0.4 is 16.0 Å². The maximum atomic E-state index is 13.0. The molecule has 1 fully saturated rings. The van der Waals surface area contributed by atoms with E-state index in [1.54, 1.807) is 31.2 Å². The van der Waals surface area contributed by atoms with Gasteiger partial charge in [-0.3, -0.25) is 0 Å². The zero-order valence-electron chi connectivity index (χ0n) is 17.1. The zero-order valence-corrected chi connectivity index (χ0v) is 17.1. The quantitative estimate of drug-likeness (QED) is 0.605. The number of amides is 2. The number of hydrogen-bond acceptors (Lipinski definition) is 4. The van der Waals surface area contributed by atoms with Crippen molar-refractivity contribution in [1.82, 2.24) is 10.6 Å². The van der Waals surface area contributed by atoms with Crippen molar-refractivity contribution >= 4 is 17.7 Å². The van der Waals surface area contributed by atoms with Gasteiger partial charge in [0, 0.05) is 18.3 Å². The first-order valence-corrected chi connectivity index (χ1v) is 10.3. The molecule has 7 heteroatoms. The highest BCUT2D eigenvalue weighted by Gasteiger charge is 2.21. The van der Waals surface area contributed by atoms with E-state index >= 15 is 0 Å². The van der Waals surface area contributed by atoms with Gasteiger partial charge in [0.25, 0.3) is 0 Å². The minimum atomic E-state index is -0.414. The highest BCUT2D eigenvalue weighted by molar-refractivity contribution is 5.93. The molecule has 0 spiro atoms. The van der Waals surface area contributed by atoms with E-state index in [0.717, 1.165) is 31.4 Å². The molecule has 2 aromatic rings. The van der Waals surface area contributed by atoms with E-state index < -0.39 is 5.97 Å². The smallest absolute Gasteiger partial charge is 0.338 e. The van der Waals surface area contributed by atoms with Gasteiger partial charge in [-0.25, -0.2) is 14.0 Å². The molecule has 0 unspecified atom stereocenters. The molecule has 1 saturated heterocycles. The summed E-state index contributed by atoms with van der Waals surface area (Å²) in [6.07, 6.45) is 2.94. The van der Waals surface area contributed by atoms with Crippen LogP contribution in [0.3, 0.4) is 0 Å². The van der Waals surface area contributed by atoms with E-state index in [-0.39, 0.29) is 17.9 Å². The second-order valence-electron chi connectivity index (χ2n) is 7.52. The predicted molar refractivity (Wildman–Crippen MR) is 114 cm³/mol. The number of halogens is 1. The minimum Gasteiger partial charge on any atom is -0.462 e. The molecule has 1 aliphatic rings. The summed E-state index contributed by atoms with van der Waals surface area (Å²) in [7, 11) is 0. The number of esters is 1. The van der Waals surface area contributed by atoms with Crippen LogP contribution in [-0.2, 0) is 11.2 Å². The van der Waals surface area contributed by atoms with E-state index in [2.05, 4.69) is 16.0 Å². The first kappa shape index (κ1) is 21.8. The van der Waals surface area contributed by atoms with Gasteiger partial charge in [-0.1, -0.05) is 18.2 Å². The van der Waals surface area contributed by atoms with Crippen molar-refractivity contribution in [2.24, 2.45) is 5.92 Å². The standard InChI is InChI=1S/C23H28FN3O3/c1-2-30-22(28)18-4-3-5-20(13-18)27-23(29)26-15-21-11-8-17(14-25-21)12-16-6-9-19(24)10-7-16/h3-7,9-10,13,17,21,25H,2,8,11-12,14-15H2,1H3,(H2,26,27,29)/t17-,21-/m1/s1. The van der Waals surface area contributed by atoms with Gasteiger partial charge < -0.3 is 20.7 Å². The SMILES string of the molecule is CCOC(=O)c1cccc(NC(=O)NC[C@H]2CC[C@H](Cc3ccc(F)cc3)CN2)c1. The van der Waals surface area contributed by atoms with Gasteiger partial charge >= 0.3 is 12.0 Å². The van der Waals surface area contributed by atoms with E-state index in [1.165, 1.54) is 12.1 Å². The summed E-state index contributed by atoms with van der Waals surface area (Å²) < 4.78 is 18.0. The van der Waals surface area contributed by atoms with Crippen LogP contribution in [0, 0.1) is 11.7 Å². The number of carbonyl (C=O) groups is 2. The van der Waals surface area contributed by atoms with Crippen LogP contribution in [0.4, 0.5) is 14.9 Å². The Morgan fingerprint density at radius 3 is 2.67 bits per heavy atom. The van der Waals surface area contributed by atoms with Crippen molar-refractivity contribution in [1.29, 1.82) is 0 Å². The third kappa shape index (κ3) is 6.56. The van der Waals surface area contributed by atoms with Crippen LogP contribution in [0.5, 0.6) is 0 Å². The second kappa shape index (κ2) is 10.7. The fourth-order valence-corrected chi connectivity index (χ4v) is 3.61. The van der Waals surface area contributed by atoms with Gasteiger partial charge in [-0.05, 0) is 74.5 Å². The Bertz CT molecular complexity index is 849. The molecule has 2 aromatic carbocycles. The molecular weight excluding hydrogens is 385 g/mol. The lowest BCUT2D eigenvalue weighted by molar-refractivity contribution is 0.0526. The molecule has 0 saturated carbocycles. The number of rotatable bonds is 7. The lowest BCUT2D eigenvalue weighted by Gasteiger charge is -2.30. The van der Waals surface area contributed by atoms with E-state index in [1.807, 2.05) is 12.1 Å². The Balaban J connectivity index is 1.39. The van der Waals surface area contributed by atoms with E-state index in [4.69, 9.17) is 4.74 Å². The van der Waals surface area contributed by atoms with Crippen molar-refractivity contribution in [3.8, 4) is 0 Å². The summed E-state index contributed by atoms with van der Waals surface area (Å²) in [6.45, 7) is 3.44. The maximum absolute atomic E-state index is 13.0. The molecule has 0 aliphatic carbocycles. The van der Waals surface area contributed by atoms with Crippen LogP contribution in [0.1, 0.15) is 35.7 Å². The third-order valence-electron chi connectivity index (χ3n) is 5.20. The van der Waals surface area contributed by atoms with Crippen LogP contribution in [0.2, 0.25) is 0 Å². The lowest BCUT2D eigenvalue weighted by atomic mass is 9.89. The number of carbonyl (C=O) groups excluding carboxylic acids is 2. The Hall–Kier alpha value is -2.93. The number of hydrogen-bond donors (Lipinski definition) is 3. The number of nitrogens with one attached hydrogen (secondary N) is 3. The van der Waals surface area contributed by atoms with E-state index in [9.17, 15) is 14.0 Å². The Kier molecular flexibility index (Phi) is 7.79. The predicted octanol–water partition coefficient (Wildman–Crippen LogP) is 3.73. The number of benzene rings is 2. The Labute approximate surface area is 176 Å². The van der Waals surface area contributed by atoms with Gasteiger partial charge in [-0.15, -0.1) is 0 Å². The fraction of sp³-hybridized carbons (Fsp3) is 0.391. The average Bonchev–Trinajstić information content (AvgIpc) is 2.75. The molecule has 6 nitrogen and oxygen atoms in total. The van der Waals surface area contributed by atoms with Crippen molar-refractivity contribution in [2.75, 3.05) is 25.0 Å². The highest BCUT2D eigenvalue weighted by Crippen LogP contribution is 2.19. The minimum absolute atomic E-state index is 0.211. The Morgan fingerprint density at radius 1 is 1.17 bits per heavy atom. The summed E-state index contributed by atoms with van der Waals surface area (Å²) in [4.78, 5) is 24.0. The summed E-state index contributed by atoms with van der Waals surface area (Å²) >= 11 is 0.